The third-order valence-electron chi connectivity index (χ3n) is 0.961. The summed E-state index contributed by atoms with van der Waals surface area (Å²) in [7, 11) is 0. The maximum Gasteiger partial charge on any atom is 0.185 e. The number of furan rings is 1. The lowest BCUT2D eigenvalue weighted by atomic mass is 10.3. The molecule has 0 spiro atoms. The van der Waals surface area contributed by atoms with Gasteiger partial charge in [0.1, 0.15) is 0 Å². The van der Waals surface area contributed by atoms with Crippen LogP contribution in [-0.4, -0.2) is 11.7 Å². The summed E-state index contributed by atoms with van der Waals surface area (Å²) in [6.07, 6.45) is 2.07. The summed E-state index contributed by atoms with van der Waals surface area (Å²) in [5.41, 5.74) is 0.667. The summed E-state index contributed by atoms with van der Waals surface area (Å²) in [6, 6.07) is 1.65. The molecule has 0 radical (unpaired) electrons. The van der Waals surface area contributed by atoms with E-state index in [1.54, 1.807) is 6.07 Å². The Labute approximate surface area is 57.5 Å². The Morgan fingerprint density at radius 3 is 2.89 bits per heavy atom. The molecule has 0 N–H and O–H groups in total. The molecule has 0 atom stereocenters. The highest BCUT2D eigenvalue weighted by Gasteiger charge is 1.98. The first kappa shape index (κ1) is 6.16. The molecule has 0 saturated heterocycles. The Balaban J connectivity index is 3.12. The van der Waals surface area contributed by atoms with Gasteiger partial charge in [-0.05, 0) is 6.07 Å². The first-order valence-corrected chi connectivity index (χ1v) is 2.83. The van der Waals surface area contributed by atoms with Gasteiger partial charge in [0.05, 0.1) is 6.26 Å². The molecule has 0 aromatic carbocycles. The first-order valence-electron chi connectivity index (χ1n) is 2.36. The second-order valence-corrected chi connectivity index (χ2v) is 1.71. The summed E-state index contributed by atoms with van der Waals surface area (Å²) in [5.74, 6) is 0.296. The molecule has 46 valence electrons. The van der Waals surface area contributed by atoms with E-state index in [1.165, 1.54) is 11.6 Å². The van der Waals surface area contributed by atoms with Crippen LogP contribution in [0.2, 0.25) is 0 Å². The summed E-state index contributed by atoms with van der Waals surface area (Å²) >= 11 is 4.58. The number of aldehydes is 1. The van der Waals surface area contributed by atoms with Crippen LogP contribution in [0.25, 0.3) is 0 Å². The molecule has 0 aliphatic rings. The van der Waals surface area contributed by atoms with E-state index in [0.717, 1.165) is 0 Å². The van der Waals surface area contributed by atoms with Crippen LogP contribution in [0.5, 0.6) is 0 Å². The number of carbonyl (C=O) groups is 1. The van der Waals surface area contributed by atoms with Crippen LogP contribution >= 0.6 is 12.2 Å². The van der Waals surface area contributed by atoms with Crippen LogP contribution in [0.3, 0.4) is 0 Å². The second kappa shape index (κ2) is 2.55. The van der Waals surface area contributed by atoms with Crippen LogP contribution < -0.4 is 0 Å². The van der Waals surface area contributed by atoms with Crippen LogP contribution in [0.4, 0.5) is 0 Å². The van der Waals surface area contributed by atoms with Gasteiger partial charge in [-0.2, -0.15) is 0 Å². The molecule has 1 aromatic heterocycles. The summed E-state index contributed by atoms with van der Waals surface area (Å²) in [4.78, 5) is 10.1. The lowest BCUT2D eigenvalue weighted by Crippen LogP contribution is -1.80. The molecular formula is C6H4O2S. The van der Waals surface area contributed by atoms with E-state index in [0.29, 0.717) is 17.6 Å². The van der Waals surface area contributed by atoms with Gasteiger partial charge in [-0.3, -0.25) is 4.79 Å². The second-order valence-electron chi connectivity index (χ2n) is 1.48. The number of hydrogen-bond donors (Lipinski definition) is 0. The van der Waals surface area contributed by atoms with Gasteiger partial charge in [0.2, 0.25) is 0 Å². The third kappa shape index (κ3) is 1.05. The van der Waals surface area contributed by atoms with E-state index in [2.05, 4.69) is 12.2 Å². The van der Waals surface area contributed by atoms with Gasteiger partial charge < -0.3 is 4.42 Å². The van der Waals surface area contributed by atoms with E-state index in [9.17, 15) is 4.79 Å². The molecule has 0 bridgehead atoms. The fourth-order valence-corrected chi connectivity index (χ4v) is 0.719. The molecular weight excluding hydrogens is 136 g/mol. The molecule has 3 heteroatoms. The Hall–Kier alpha value is -0.960. The standard InChI is InChI=1S/C6H4O2S/c7-3-6-5(4-9)1-2-8-6/h1-4H. The quantitative estimate of drug-likeness (QED) is 0.460. The van der Waals surface area contributed by atoms with Gasteiger partial charge in [0, 0.05) is 10.9 Å². The van der Waals surface area contributed by atoms with E-state index < -0.39 is 0 Å². The minimum atomic E-state index is 0.296. The van der Waals surface area contributed by atoms with Crippen molar-refractivity contribution in [2.45, 2.75) is 0 Å². The molecule has 1 rings (SSSR count). The van der Waals surface area contributed by atoms with E-state index in [1.807, 2.05) is 0 Å². The highest BCUT2D eigenvalue weighted by molar-refractivity contribution is 7.79. The van der Waals surface area contributed by atoms with Crippen molar-refractivity contribution < 1.29 is 9.21 Å². The maximum absolute atomic E-state index is 10.1. The topological polar surface area (TPSA) is 30.2 Å². The number of hydrogen-bond acceptors (Lipinski definition) is 3. The summed E-state index contributed by atoms with van der Waals surface area (Å²) in [6.45, 7) is 0. The SMILES string of the molecule is O=Cc1occc1C=S. The smallest absolute Gasteiger partial charge is 0.185 e. The predicted molar refractivity (Wildman–Crippen MR) is 36.9 cm³/mol. The van der Waals surface area contributed by atoms with E-state index >= 15 is 0 Å². The predicted octanol–water partition coefficient (Wildman–Crippen LogP) is 1.44. The van der Waals surface area contributed by atoms with Gasteiger partial charge in [-0.1, -0.05) is 12.2 Å². The largest absolute Gasteiger partial charge is 0.461 e. The van der Waals surface area contributed by atoms with Crippen molar-refractivity contribution >= 4 is 23.9 Å². The monoisotopic (exact) mass is 140 g/mol. The van der Waals surface area contributed by atoms with Gasteiger partial charge >= 0.3 is 0 Å². The fraction of sp³-hybridized carbons (Fsp3) is 0. The zero-order valence-electron chi connectivity index (χ0n) is 4.53. The van der Waals surface area contributed by atoms with E-state index in [4.69, 9.17) is 4.42 Å². The molecule has 0 aliphatic carbocycles. The third-order valence-corrected chi connectivity index (χ3v) is 1.22. The minimum absolute atomic E-state index is 0.296. The lowest BCUT2D eigenvalue weighted by Gasteiger charge is -1.79. The molecule has 0 fully saturated rings. The van der Waals surface area contributed by atoms with Crippen molar-refractivity contribution in [2.75, 3.05) is 0 Å². The zero-order valence-corrected chi connectivity index (χ0v) is 5.35. The number of thiocarbonyl (C=S) groups is 1. The van der Waals surface area contributed by atoms with E-state index in [-0.39, 0.29) is 0 Å². The Morgan fingerprint density at radius 1 is 1.67 bits per heavy atom. The Kier molecular flexibility index (Phi) is 1.75. The Bertz CT molecular complexity index is 204. The summed E-state index contributed by atoms with van der Waals surface area (Å²) < 4.78 is 4.74. The van der Waals surface area contributed by atoms with Crippen molar-refractivity contribution in [2.24, 2.45) is 0 Å². The molecule has 1 aromatic rings. The normalized spacial score (nSPS) is 8.89. The van der Waals surface area contributed by atoms with Crippen LogP contribution in [0.1, 0.15) is 16.1 Å². The lowest BCUT2D eigenvalue weighted by molar-refractivity contribution is 0.110. The average Bonchev–Trinajstić information content (AvgIpc) is 2.33. The van der Waals surface area contributed by atoms with Crippen LogP contribution in [0.15, 0.2) is 16.7 Å². The molecule has 2 nitrogen and oxygen atoms in total. The first-order chi connectivity index (χ1) is 4.38. The molecule has 0 unspecified atom stereocenters. The molecule has 0 amide bonds. The maximum atomic E-state index is 10.1. The molecule has 0 saturated carbocycles. The molecule has 1 heterocycles. The average molecular weight is 140 g/mol. The summed E-state index contributed by atoms with van der Waals surface area (Å²) in [5, 5.41) is 1.41. The van der Waals surface area contributed by atoms with Gasteiger partial charge in [0.15, 0.2) is 12.0 Å². The van der Waals surface area contributed by atoms with Gasteiger partial charge in [-0.15, -0.1) is 0 Å². The highest BCUT2D eigenvalue weighted by atomic mass is 32.1. The van der Waals surface area contributed by atoms with Crippen molar-refractivity contribution in [3.63, 3.8) is 0 Å². The fourth-order valence-electron chi connectivity index (χ4n) is 0.524. The van der Waals surface area contributed by atoms with Crippen molar-refractivity contribution in [3.8, 4) is 0 Å². The minimum Gasteiger partial charge on any atom is -0.461 e. The number of carbonyl (C=O) groups excluding carboxylic acids is 1. The zero-order chi connectivity index (χ0) is 6.69. The molecule has 0 aliphatic heterocycles. The van der Waals surface area contributed by atoms with Crippen molar-refractivity contribution in [1.82, 2.24) is 0 Å². The van der Waals surface area contributed by atoms with Gasteiger partial charge in [0.25, 0.3) is 0 Å². The van der Waals surface area contributed by atoms with Crippen molar-refractivity contribution in [1.29, 1.82) is 0 Å². The van der Waals surface area contributed by atoms with Crippen LogP contribution in [0, 0.1) is 0 Å². The number of rotatable bonds is 2. The molecule has 9 heavy (non-hydrogen) atoms. The highest BCUT2D eigenvalue weighted by Crippen LogP contribution is 2.03. The van der Waals surface area contributed by atoms with Crippen LogP contribution in [-0.2, 0) is 0 Å². The van der Waals surface area contributed by atoms with Gasteiger partial charge in [-0.25, -0.2) is 0 Å². The Morgan fingerprint density at radius 2 is 2.44 bits per heavy atom. The van der Waals surface area contributed by atoms with Crippen molar-refractivity contribution in [3.05, 3.63) is 23.7 Å².